The zero-order valence-electron chi connectivity index (χ0n) is 9.53. The van der Waals surface area contributed by atoms with Crippen LogP contribution in [0.5, 0.6) is 0 Å². The van der Waals surface area contributed by atoms with E-state index in [0.717, 1.165) is 27.9 Å². The SMILES string of the molecule is Cc1[nH]c2ccccc2c1-c1cnc(CN)o1. The molecule has 1 aromatic carbocycles. The number of H-pyrrole nitrogens is 1. The maximum Gasteiger partial charge on any atom is 0.208 e. The Morgan fingerprint density at radius 2 is 2.18 bits per heavy atom. The second-order valence-corrected chi connectivity index (χ2v) is 3.99. The van der Waals surface area contributed by atoms with Crippen LogP contribution >= 0.6 is 0 Å². The average molecular weight is 227 g/mol. The van der Waals surface area contributed by atoms with Crippen molar-refractivity contribution < 1.29 is 4.42 Å². The Labute approximate surface area is 98.5 Å². The van der Waals surface area contributed by atoms with E-state index >= 15 is 0 Å². The standard InChI is InChI=1S/C13H13N3O/c1-8-13(11-7-15-12(6-14)17-11)9-4-2-3-5-10(9)16-8/h2-5,7,16H,6,14H2,1H3. The number of nitrogens with zero attached hydrogens (tertiary/aromatic N) is 1. The van der Waals surface area contributed by atoms with Crippen LogP contribution in [0.1, 0.15) is 11.6 Å². The lowest BCUT2D eigenvalue weighted by Crippen LogP contribution is -1.94. The second-order valence-electron chi connectivity index (χ2n) is 3.99. The topological polar surface area (TPSA) is 67.8 Å². The van der Waals surface area contributed by atoms with E-state index in [1.807, 2.05) is 25.1 Å². The van der Waals surface area contributed by atoms with Gasteiger partial charge in [-0.1, -0.05) is 18.2 Å². The van der Waals surface area contributed by atoms with Crippen LogP contribution in [0, 0.1) is 6.92 Å². The molecule has 0 atom stereocenters. The molecule has 3 N–H and O–H groups in total. The van der Waals surface area contributed by atoms with Crippen molar-refractivity contribution in [1.29, 1.82) is 0 Å². The number of para-hydroxylation sites is 1. The molecule has 0 spiro atoms. The number of hydrogen-bond donors (Lipinski definition) is 2. The van der Waals surface area contributed by atoms with Crippen molar-refractivity contribution >= 4 is 10.9 Å². The zero-order chi connectivity index (χ0) is 11.8. The molecule has 3 aromatic rings. The van der Waals surface area contributed by atoms with Crippen LogP contribution in [-0.2, 0) is 6.54 Å². The lowest BCUT2D eigenvalue weighted by Gasteiger charge is -1.95. The van der Waals surface area contributed by atoms with Crippen LogP contribution in [0.4, 0.5) is 0 Å². The number of nitrogens with two attached hydrogens (primary N) is 1. The predicted octanol–water partition coefficient (Wildman–Crippen LogP) is 2.59. The van der Waals surface area contributed by atoms with E-state index in [0.29, 0.717) is 12.4 Å². The molecule has 0 amide bonds. The fourth-order valence-electron chi connectivity index (χ4n) is 2.11. The highest BCUT2D eigenvalue weighted by atomic mass is 16.4. The number of oxazole rings is 1. The van der Waals surface area contributed by atoms with Crippen LogP contribution in [-0.4, -0.2) is 9.97 Å². The molecule has 0 radical (unpaired) electrons. The van der Waals surface area contributed by atoms with Crippen molar-refractivity contribution in [1.82, 2.24) is 9.97 Å². The summed E-state index contributed by atoms with van der Waals surface area (Å²) in [4.78, 5) is 7.47. The summed E-state index contributed by atoms with van der Waals surface area (Å²) in [7, 11) is 0. The fraction of sp³-hybridized carbons (Fsp3) is 0.154. The van der Waals surface area contributed by atoms with Gasteiger partial charge < -0.3 is 15.1 Å². The summed E-state index contributed by atoms with van der Waals surface area (Å²) in [5, 5.41) is 1.14. The van der Waals surface area contributed by atoms with Crippen molar-refractivity contribution in [3.05, 3.63) is 42.0 Å². The maximum atomic E-state index is 5.61. The highest BCUT2D eigenvalue weighted by molar-refractivity contribution is 5.95. The molecule has 0 fully saturated rings. The Morgan fingerprint density at radius 3 is 2.94 bits per heavy atom. The number of benzene rings is 1. The van der Waals surface area contributed by atoms with Crippen LogP contribution in [0.2, 0.25) is 0 Å². The largest absolute Gasteiger partial charge is 0.439 e. The lowest BCUT2D eigenvalue weighted by atomic mass is 10.1. The van der Waals surface area contributed by atoms with Crippen molar-refractivity contribution in [2.24, 2.45) is 5.73 Å². The van der Waals surface area contributed by atoms with Gasteiger partial charge in [-0.05, 0) is 13.0 Å². The van der Waals surface area contributed by atoms with Gasteiger partial charge in [0, 0.05) is 22.2 Å². The second kappa shape index (κ2) is 3.75. The van der Waals surface area contributed by atoms with Gasteiger partial charge in [0.15, 0.2) is 5.76 Å². The molecular weight excluding hydrogens is 214 g/mol. The van der Waals surface area contributed by atoms with E-state index in [1.54, 1.807) is 6.20 Å². The molecule has 0 unspecified atom stereocenters. The third kappa shape index (κ3) is 1.54. The molecule has 0 saturated heterocycles. The Kier molecular flexibility index (Phi) is 2.23. The van der Waals surface area contributed by atoms with Gasteiger partial charge in [0.2, 0.25) is 5.89 Å². The number of rotatable bonds is 2. The lowest BCUT2D eigenvalue weighted by molar-refractivity contribution is 0.510. The number of aryl methyl sites for hydroxylation is 1. The van der Waals surface area contributed by atoms with Gasteiger partial charge >= 0.3 is 0 Å². The summed E-state index contributed by atoms with van der Waals surface area (Å²) in [5.74, 6) is 1.32. The first-order valence-corrected chi connectivity index (χ1v) is 5.52. The molecule has 0 aliphatic rings. The molecule has 0 saturated carbocycles. The highest BCUT2D eigenvalue weighted by Gasteiger charge is 2.13. The number of aromatic amines is 1. The molecule has 2 heterocycles. The van der Waals surface area contributed by atoms with E-state index < -0.39 is 0 Å². The van der Waals surface area contributed by atoms with Gasteiger partial charge in [-0.15, -0.1) is 0 Å². The summed E-state index contributed by atoms with van der Waals surface area (Å²) >= 11 is 0. The first-order valence-electron chi connectivity index (χ1n) is 5.52. The van der Waals surface area contributed by atoms with Crippen molar-refractivity contribution in [2.45, 2.75) is 13.5 Å². The van der Waals surface area contributed by atoms with E-state index in [9.17, 15) is 0 Å². The molecule has 17 heavy (non-hydrogen) atoms. The molecule has 4 heteroatoms. The number of fused-ring (bicyclic) bond motifs is 1. The smallest absolute Gasteiger partial charge is 0.208 e. The fourth-order valence-corrected chi connectivity index (χ4v) is 2.11. The van der Waals surface area contributed by atoms with E-state index in [-0.39, 0.29) is 0 Å². The molecule has 0 aliphatic carbocycles. The van der Waals surface area contributed by atoms with E-state index in [4.69, 9.17) is 10.2 Å². The van der Waals surface area contributed by atoms with Crippen molar-refractivity contribution in [2.75, 3.05) is 0 Å². The molecule has 2 aromatic heterocycles. The molecule has 86 valence electrons. The third-order valence-corrected chi connectivity index (χ3v) is 2.87. The first-order chi connectivity index (χ1) is 8.29. The summed E-state index contributed by atoms with van der Waals surface area (Å²) in [6, 6.07) is 8.14. The van der Waals surface area contributed by atoms with Crippen LogP contribution < -0.4 is 5.73 Å². The number of hydrogen-bond acceptors (Lipinski definition) is 3. The maximum absolute atomic E-state index is 5.61. The molecule has 4 nitrogen and oxygen atoms in total. The quantitative estimate of drug-likeness (QED) is 0.707. The van der Waals surface area contributed by atoms with Gasteiger partial charge in [-0.2, -0.15) is 0 Å². The minimum atomic E-state index is 0.321. The Balaban J connectivity index is 2.25. The van der Waals surface area contributed by atoms with Gasteiger partial charge in [0.05, 0.1) is 12.7 Å². The highest BCUT2D eigenvalue weighted by Crippen LogP contribution is 2.32. The Morgan fingerprint density at radius 1 is 1.35 bits per heavy atom. The molecule has 3 rings (SSSR count). The van der Waals surface area contributed by atoms with Crippen LogP contribution in [0.25, 0.3) is 22.2 Å². The van der Waals surface area contributed by atoms with Crippen LogP contribution in [0.15, 0.2) is 34.9 Å². The van der Waals surface area contributed by atoms with Crippen molar-refractivity contribution in [3.63, 3.8) is 0 Å². The summed E-state index contributed by atoms with van der Waals surface area (Å²) in [5.41, 5.74) is 8.74. The number of nitrogens with one attached hydrogen (secondary N) is 1. The average Bonchev–Trinajstić information content (AvgIpc) is 2.91. The van der Waals surface area contributed by atoms with E-state index in [2.05, 4.69) is 16.0 Å². The Bertz CT molecular complexity index is 666. The summed E-state index contributed by atoms with van der Waals surface area (Å²) < 4.78 is 5.61. The van der Waals surface area contributed by atoms with Crippen LogP contribution in [0.3, 0.4) is 0 Å². The Hall–Kier alpha value is -2.07. The summed E-state index contributed by atoms with van der Waals surface area (Å²) in [6.45, 7) is 2.35. The minimum absolute atomic E-state index is 0.321. The van der Waals surface area contributed by atoms with Gasteiger partial charge in [0.1, 0.15) is 0 Å². The molecule has 0 aliphatic heterocycles. The monoisotopic (exact) mass is 227 g/mol. The van der Waals surface area contributed by atoms with Gasteiger partial charge in [0.25, 0.3) is 0 Å². The zero-order valence-corrected chi connectivity index (χ0v) is 9.53. The van der Waals surface area contributed by atoms with E-state index in [1.165, 1.54) is 0 Å². The summed E-state index contributed by atoms with van der Waals surface area (Å²) in [6.07, 6.45) is 1.73. The molecular formula is C13H13N3O. The third-order valence-electron chi connectivity index (χ3n) is 2.87. The van der Waals surface area contributed by atoms with Gasteiger partial charge in [-0.25, -0.2) is 4.98 Å². The normalized spacial score (nSPS) is 11.2. The predicted molar refractivity (Wildman–Crippen MR) is 66.4 cm³/mol. The van der Waals surface area contributed by atoms with Gasteiger partial charge in [-0.3, -0.25) is 0 Å². The minimum Gasteiger partial charge on any atom is -0.439 e. The first kappa shape index (κ1) is 10.1. The molecule has 0 bridgehead atoms. The van der Waals surface area contributed by atoms with Crippen molar-refractivity contribution in [3.8, 4) is 11.3 Å². The number of aromatic nitrogens is 2.